The zero-order chi connectivity index (χ0) is 15.0. The molecule has 0 aliphatic carbocycles. The predicted octanol–water partition coefficient (Wildman–Crippen LogP) is 2.23. The minimum absolute atomic E-state index is 0.0917. The van der Waals surface area contributed by atoms with E-state index in [-0.39, 0.29) is 5.57 Å². The maximum Gasteiger partial charge on any atom is 0.348 e. The normalized spacial score (nSPS) is 20.0. The van der Waals surface area contributed by atoms with Gasteiger partial charge in [0.2, 0.25) is 0 Å². The third kappa shape index (κ3) is 2.77. The first-order valence-corrected chi connectivity index (χ1v) is 6.89. The van der Waals surface area contributed by atoms with Gasteiger partial charge in [-0.2, -0.15) is 0 Å². The van der Waals surface area contributed by atoms with Crippen LogP contribution in [0.1, 0.15) is 31.4 Å². The van der Waals surface area contributed by atoms with Crippen LogP contribution in [0.5, 0.6) is 5.75 Å². The summed E-state index contributed by atoms with van der Waals surface area (Å²) in [6.45, 7) is 3.77. The van der Waals surface area contributed by atoms with Crippen LogP contribution < -0.4 is 4.74 Å². The summed E-state index contributed by atoms with van der Waals surface area (Å²) < 4.78 is 15.7. The molecule has 2 heterocycles. The monoisotopic (exact) mass is 288 g/mol. The summed E-state index contributed by atoms with van der Waals surface area (Å²) in [7, 11) is 0. The van der Waals surface area contributed by atoms with Gasteiger partial charge in [0.05, 0.1) is 6.61 Å². The molecule has 5 heteroatoms. The van der Waals surface area contributed by atoms with Crippen molar-refractivity contribution >= 4 is 18.0 Å². The van der Waals surface area contributed by atoms with Gasteiger partial charge in [-0.3, -0.25) is 0 Å². The lowest BCUT2D eigenvalue weighted by molar-refractivity contribution is -0.222. The quantitative estimate of drug-likeness (QED) is 0.450. The second-order valence-electron chi connectivity index (χ2n) is 5.56. The third-order valence-electron chi connectivity index (χ3n) is 3.36. The van der Waals surface area contributed by atoms with E-state index in [9.17, 15) is 9.59 Å². The van der Waals surface area contributed by atoms with Gasteiger partial charge in [0.15, 0.2) is 0 Å². The molecule has 1 aromatic rings. The number of carbonyl (C=O) groups is 2. The van der Waals surface area contributed by atoms with Crippen molar-refractivity contribution in [2.75, 3.05) is 6.61 Å². The molecule has 21 heavy (non-hydrogen) atoms. The number of esters is 2. The molecule has 2 aliphatic rings. The van der Waals surface area contributed by atoms with Gasteiger partial charge in [0.25, 0.3) is 5.79 Å². The molecule has 0 aromatic heterocycles. The molecular formula is C16H16O5. The number of fused-ring (bicyclic) bond motifs is 1. The maximum absolute atomic E-state index is 11.9. The van der Waals surface area contributed by atoms with Crippen molar-refractivity contribution in [2.24, 2.45) is 0 Å². The van der Waals surface area contributed by atoms with Gasteiger partial charge in [-0.05, 0) is 42.2 Å². The molecule has 0 saturated carbocycles. The maximum atomic E-state index is 11.9. The van der Waals surface area contributed by atoms with E-state index in [1.807, 2.05) is 12.1 Å². The molecule has 1 saturated heterocycles. The summed E-state index contributed by atoms with van der Waals surface area (Å²) in [5.41, 5.74) is 1.74. The van der Waals surface area contributed by atoms with Crippen LogP contribution in [0.15, 0.2) is 23.8 Å². The van der Waals surface area contributed by atoms with Crippen molar-refractivity contribution in [1.29, 1.82) is 0 Å². The number of rotatable bonds is 1. The van der Waals surface area contributed by atoms with E-state index >= 15 is 0 Å². The molecular weight excluding hydrogens is 272 g/mol. The Hall–Kier alpha value is -2.30. The average molecular weight is 288 g/mol. The lowest BCUT2D eigenvalue weighted by Gasteiger charge is -2.29. The van der Waals surface area contributed by atoms with Gasteiger partial charge in [-0.15, -0.1) is 0 Å². The van der Waals surface area contributed by atoms with Crippen LogP contribution in [0, 0.1) is 0 Å². The summed E-state index contributed by atoms with van der Waals surface area (Å²) in [6.07, 6.45) is 3.38. The number of hydrogen-bond donors (Lipinski definition) is 0. The highest BCUT2D eigenvalue weighted by atomic mass is 16.7. The number of aryl methyl sites for hydroxylation is 1. The van der Waals surface area contributed by atoms with Crippen LogP contribution in [-0.2, 0) is 25.5 Å². The highest BCUT2D eigenvalue weighted by molar-refractivity contribution is 6.18. The van der Waals surface area contributed by atoms with Crippen LogP contribution >= 0.6 is 0 Å². The molecule has 0 unspecified atom stereocenters. The zero-order valence-corrected chi connectivity index (χ0v) is 12.0. The summed E-state index contributed by atoms with van der Waals surface area (Å²) in [4.78, 5) is 23.8. The Labute approximate surface area is 122 Å². The topological polar surface area (TPSA) is 61.8 Å². The number of benzene rings is 1. The fourth-order valence-electron chi connectivity index (χ4n) is 2.42. The molecule has 2 aliphatic heterocycles. The highest BCUT2D eigenvalue weighted by Crippen LogP contribution is 2.28. The van der Waals surface area contributed by atoms with Gasteiger partial charge in [0.1, 0.15) is 11.3 Å². The van der Waals surface area contributed by atoms with Crippen molar-refractivity contribution in [3.8, 4) is 5.75 Å². The minimum atomic E-state index is -1.21. The molecule has 110 valence electrons. The fourth-order valence-corrected chi connectivity index (χ4v) is 2.42. The van der Waals surface area contributed by atoms with Crippen molar-refractivity contribution in [3.05, 3.63) is 34.9 Å². The van der Waals surface area contributed by atoms with E-state index in [1.165, 1.54) is 19.9 Å². The van der Waals surface area contributed by atoms with Gasteiger partial charge in [0, 0.05) is 13.8 Å². The van der Waals surface area contributed by atoms with E-state index in [1.54, 1.807) is 6.07 Å². The standard InChI is InChI=1S/C16H16O5/c1-16(2)20-14(17)12(15(18)21-16)9-10-5-6-13-11(8-10)4-3-7-19-13/h5-6,8-9H,3-4,7H2,1-2H3. The first-order valence-electron chi connectivity index (χ1n) is 6.89. The number of cyclic esters (lactones) is 2. The Bertz CT molecular complexity index is 620. The van der Waals surface area contributed by atoms with Gasteiger partial charge >= 0.3 is 11.9 Å². The van der Waals surface area contributed by atoms with E-state index in [0.717, 1.165) is 36.3 Å². The van der Waals surface area contributed by atoms with E-state index in [0.29, 0.717) is 0 Å². The number of hydrogen-bond acceptors (Lipinski definition) is 5. The molecule has 0 N–H and O–H groups in total. The first kappa shape index (κ1) is 13.7. The lowest BCUT2D eigenvalue weighted by Crippen LogP contribution is -2.41. The first-order chi connectivity index (χ1) is 9.94. The highest BCUT2D eigenvalue weighted by Gasteiger charge is 2.38. The smallest absolute Gasteiger partial charge is 0.348 e. The molecule has 5 nitrogen and oxygen atoms in total. The molecule has 0 bridgehead atoms. The van der Waals surface area contributed by atoms with Crippen molar-refractivity contribution in [2.45, 2.75) is 32.5 Å². The summed E-state index contributed by atoms with van der Waals surface area (Å²) in [6, 6.07) is 5.57. The van der Waals surface area contributed by atoms with Crippen molar-refractivity contribution in [1.82, 2.24) is 0 Å². The molecule has 1 aromatic carbocycles. The largest absolute Gasteiger partial charge is 0.493 e. The zero-order valence-electron chi connectivity index (χ0n) is 12.0. The predicted molar refractivity (Wildman–Crippen MR) is 74.5 cm³/mol. The lowest BCUT2D eigenvalue weighted by atomic mass is 10.0. The molecule has 1 fully saturated rings. The molecule has 0 amide bonds. The van der Waals surface area contributed by atoms with Crippen LogP contribution in [0.3, 0.4) is 0 Å². The Kier molecular flexibility index (Phi) is 3.20. The fraction of sp³-hybridized carbons (Fsp3) is 0.375. The van der Waals surface area contributed by atoms with Crippen molar-refractivity contribution in [3.63, 3.8) is 0 Å². The molecule has 0 atom stereocenters. The molecule has 0 radical (unpaired) electrons. The number of carbonyl (C=O) groups excluding carboxylic acids is 2. The Balaban J connectivity index is 1.91. The Morgan fingerprint density at radius 1 is 1.14 bits per heavy atom. The van der Waals surface area contributed by atoms with E-state index in [2.05, 4.69) is 0 Å². The van der Waals surface area contributed by atoms with Crippen LogP contribution in [0.4, 0.5) is 0 Å². The average Bonchev–Trinajstić information content (AvgIpc) is 2.42. The SMILES string of the molecule is CC1(C)OC(=O)C(=Cc2ccc3c(c2)CCCO3)C(=O)O1. The summed E-state index contributed by atoms with van der Waals surface area (Å²) in [5, 5.41) is 0. The van der Waals surface area contributed by atoms with Crippen LogP contribution in [0.25, 0.3) is 6.08 Å². The summed E-state index contributed by atoms with van der Waals surface area (Å²) in [5.74, 6) is -1.68. The van der Waals surface area contributed by atoms with Gasteiger partial charge in [-0.25, -0.2) is 9.59 Å². The molecule has 0 spiro atoms. The second-order valence-corrected chi connectivity index (χ2v) is 5.56. The second kappa shape index (κ2) is 4.91. The van der Waals surface area contributed by atoms with Crippen molar-refractivity contribution < 1.29 is 23.8 Å². The third-order valence-corrected chi connectivity index (χ3v) is 3.36. The minimum Gasteiger partial charge on any atom is -0.493 e. The van der Waals surface area contributed by atoms with E-state index < -0.39 is 17.7 Å². The van der Waals surface area contributed by atoms with Crippen LogP contribution in [-0.4, -0.2) is 24.3 Å². The van der Waals surface area contributed by atoms with E-state index in [4.69, 9.17) is 14.2 Å². The molecule has 3 rings (SSSR count). The van der Waals surface area contributed by atoms with Gasteiger partial charge < -0.3 is 14.2 Å². The van der Waals surface area contributed by atoms with Gasteiger partial charge in [-0.1, -0.05) is 6.07 Å². The summed E-state index contributed by atoms with van der Waals surface area (Å²) >= 11 is 0. The number of ether oxygens (including phenoxy) is 3. The Morgan fingerprint density at radius 2 is 1.86 bits per heavy atom. The Morgan fingerprint density at radius 3 is 2.57 bits per heavy atom. The van der Waals surface area contributed by atoms with Crippen LogP contribution in [0.2, 0.25) is 0 Å².